The summed E-state index contributed by atoms with van der Waals surface area (Å²) >= 11 is 1.95. The number of nitrogens with zero attached hydrogens (tertiary/aromatic N) is 1. The molecule has 0 aromatic carbocycles. The van der Waals surface area contributed by atoms with E-state index in [4.69, 9.17) is 0 Å². The molecular weight excluding hydrogens is 240 g/mol. The molecule has 0 saturated carbocycles. The number of hydrogen-bond donors (Lipinski definition) is 1. The maximum absolute atomic E-state index is 3.41. The van der Waals surface area contributed by atoms with Crippen molar-refractivity contribution in [2.45, 2.75) is 53.2 Å². The molecular formula is C15H26N2S. The summed E-state index contributed by atoms with van der Waals surface area (Å²) in [5.74, 6) is 0.861. The molecule has 2 unspecified atom stereocenters. The summed E-state index contributed by atoms with van der Waals surface area (Å²) in [6.45, 7) is 13.6. The molecule has 1 aliphatic rings. The lowest BCUT2D eigenvalue weighted by Crippen LogP contribution is -2.26. The summed E-state index contributed by atoms with van der Waals surface area (Å²) in [6, 6.07) is 3.15. The first kappa shape index (κ1) is 14.0. The summed E-state index contributed by atoms with van der Waals surface area (Å²) in [7, 11) is 0. The van der Waals surface area contributed by atoms with Gasteiger partial charge in [-0.15, -0.1) is 11.3 Å². The van der Waals surface area contributed by atoms with Crippen molar-refractivity contribution in [1.29, 1.82) is 0 Å². The van der Waals surface area contributed by atoms with Gasteiger partial charge >= 0.3 is 0 Å². The zero-order chi connectivity index (χ0) is 13.1. The number of likely N-dealkylation sites (tertiary alicyclic amines) is 1. The highest BCUT2D eigenvalue weighted by molar-refractivity contribution is 7.12. The minimum atomic E-state index is 0.747. The van der Waals surface area contributed by atoms with Gasteiger partial charge in [-0.3, -0.25) is 4.90 Å². The van der Waals surface area contributed by atoms with E-state index in [1.807, 2.05) is 11.3 Å². The minimum Gasteiger partial charge on any atom is -0.312 e. The molecule has 1 aromatic rings. The molecule has 0 amide bonds. The number of nitrogens with one attached hydrogen (secondary N) is 1. The summed E-state index contributed by atoms with van der Waals surface area (Å²) in [4.78, 5) is 5.61. The van der Waals surface area contributed by atoms with Crippen LogP contribution in [0.25, 0.3) is 0 Å². The zero-order valence-electron chi connectivity index (χ0n) is 12.1. The van der Waals surface area contributed by atoms with Crippen LogP contribution in [-0.4, -0.2) is 24.0 Å². The monoisotopic (exact) mass is 266 g/mol. The van der Waals surface area contributed by atoms with Gasteiger partial charge in [0.1, 0.15) is 0 Å². The SMILES string of the molecule is CCNCc1cc(CN2CC(C)CC2C)c(C)s1. The van der Waals surface area contributed by atoms with Crippen LogP contribution >= 0.6 is 11.3 Å². The Morgan fingerprint density at radius 3 is 2.83 bits per heavy atom. The fourth-order valence-corrected chi connectivity index (χ4v) is 3.93. The Morgan fingerprint density at radius 1 is 1.44 bits per heavy atom. The minimum absolute atomic E-state index is 0.747. The van der Waals surface area contributed by atoms with Gasteiger partial charge in [-0.1, -0.05) is 13.8 Å². The Morgan fingerprint density at radius 2 is 2.22 bits per heavy atom. The third-order valence-corrected chi connectivity index (χ3v) is 5.00. The van der Waals surface area contributed by atoms with Gasteiger partial charge in [0.15, 0.2) is 0 Å². The molecule has 2 nitrogen and oxygen atoms in total. The van der Waals surface area contributed by atoms with Gasteiger partial charge in [0.2, 0.25) is 0 Å². The molecule has 3 heteroatoms. The molecule has 1 aromatic heterocycles. The normalized spacial score (nSPS) is 24.9. The quantitative estimate of drug-likeness (QED) is 0.879. The summed E-state index contributed by atoms with van der Waals surface area (Å²) in [5, 5.41) is 3.41. The van der Waals surface area contributed by atoms with E-state index < -0.39 is 0 Å². The number of thiophene rings is 1. The average Bonchev–Trinajstić information content (AvgIpc) is 2.81. The second-order valence-corrected chi connectivity index (χ2v) is 7.03. The molecule has 0 bridgehead atoms. The van der Waals surface area contributed by atoms with Crippen LogP contribution < -0.4 is 5.32 Å². The molecule has 2 heterocycles. The van der Waals surface area contributed by atoms with E-state index in [0.29, 0.717) is 0 Å². The van der Waals surface area contributed by atoms with Crippen LogP contribution in [0.4, 0.5) is 0 Å². The molecule has 0 radical (unpaired) electrons. The van der Waals surface area contributed by atoms with Crippen molar-refractivity contribution in [3.8, 4) is 0 Å². The van der Waals surface area contributed by atoms with Crippen LogP contribution in [0.5, 0.6) is 0 Å². The van der Waals surface area contributed by atoms with Crippen LogP contribution in [0.15, 0.2) is 6.07 Å². The van der Waals surface area contributed by atoms with Gasteiger partial charge in [0.25, 0.3) is 0 Å². The van der Waals surface area contributed by atoms with Crippen molar-refractivity contribution in [3.63, 3.8) is 0 Å². The number of hydrogen-bond acceptors (Lipinski definition) is 3. The summed E-state index contributed by atoms with van der Waals surface area (Å²) in [5.41, 5.74) is 1.54. The number of rotatable bonds is 5. The fraction of sp³-hybridized carbons (Fsp3) is 0.733. The smallest absolute Gasteiger partial charge is 0.0299 e. The highest BCUT2D eigenvalue weighted by atomic mass is 32.1. The third kappa shape index (κ3) is 3.34. The third-order valence-electron chi connectivity index (χ3n) is 3.91. The highest BCUT2D eigenvalue weighted by Gasteiger charge is 2.26. The number of aryl methyl sites for hydroxylation is 1. The largest absolute Gasteiger partial charge is 0.312 e. The van der Waals surface area contributed by atoms with Gasteiger partial charge in [-0.25, -0.2) is 0 Å². The maximum Gasteiger partial charge on any atom is 0.0299 e. The van der Waals surface area contributed by atoms with E-state index in [1.165, 1.54) is 28.3 Å². The van der Waals surface area contributed by atoms with Crippen molar-refractivity contribution in [3.05, 3.63) is 21.4 Å². The first-order valence-electron chi connectivity index (χ1n) is 7.13. The van der Waals surface area contributed by atoms with Crippen LogP contribution in [0.2, 0.25) is 0 Å². The maximum atomic E-state index is 3.41. The molecule has 1 fully saturated rings. The van der Waals surface area contributed by atoms with Gasteiger partial charge in [-0.2, -0.15) is 0 Å². The van der Waals surface area contributed by atoms with E-state index in [9.17, 15) is 0 Å². The highest BCUT2D eigenvalue weighted by Crippen LogP contribution is 2.28. The van der Waals surface area contributed by atoms with Crippen LogP contribution in [0.1, 0.15) is 42.5 Å². The lowest BCUT2D eigenvalue weighted by molar-refractivity contribution is 0.256. The van der Waals surface area contributed by atoms with E-state index in [0.717, 1.165) is 31.6 Å². The molecule has 2 atom stereocenters. The van der Waals surface area contributed by atoms with Crippen LogP contribution in [0, 0.1) is 12.8 Å². The van der Waals surface area contributed by atoms with Crippen LogP contribution in [-0.2, 0) is 13.1 Å². The lowest BCUT2D eigenvalue weighted by Gasteiger charge is -2.20. The molecule has 102 valence electrons. The van der Waals surface area contributed by atoms with Gasteiger partial charge in [0.05, 0.1) is 0 Å². The molecule has 0 aliphatic carbocycles. The molecule has 2 rings (SSSR count). The van der Waals surface area contributed by atoms with Crippen molar-refractivity contribution in [2.75, 3.05) is 13.1 Å². The van der Waals surface area contributed by atoms with E-state index in [-0.39, 0.29) is 0 Å². The van der Waals surface area contributed by atoms with Gasteiger partial charge < -0.3 is 5.32 Å². The van der Waals surface area contributed by atoms with E-state index in [2.05, 4.69) is 44.0 Å². The van der Waals surface area contributed by atoms with Gasteiger partial charge in [0, 0.05) is 35.4 Å². The van der Waals surface area contributed by atoms with Crippen molar-refractivity contribution < 1.29 is 0 Å². The predicted molar refractivity (Wildman–Crippen MR) is 80.1 cm³/mol. The Labute approximate surface area is 115 Å². The molecule has 18 heavy (non-hydrogen) atoms. The Hall–Kier alpha value is -0.380. The Kier molecular flexibility index (Phi) is 4.82. The molecule has 1 N–H and O–H groups in total. The van der Waals surface area contributed by atoms with Crippen molar-refractivity contribution >= 4 is 11.3 Å². The topological polar surface area (TPSA) is 15.3 Å². The standard InChI is InChI=1S/C15H26N2S/c1-5-16-8-15-7-14(13(4)18-15)10-17-9-11(2)6-12(17)3/h7,11-12,16H,5-6,8-10H2,1-4H3. The predicted octanol–water partition coefficient (Wildman–Crippen LogP) is 3.40. The van der Waals surface area contributed by atoms with E-state index >= 15 is 0 Å². The summed E-state index contributed by atoms with van der Waals surface area (Å²) in [6.07, 6.45) is 1.35. The Balaban J connectivity index is 1.98. The first-order valence-corrected chi connectivity index (χ1v) is 7.94. The molecule has 0 spiro atoms. The average molecular weight is 266 g/mol. The molecule has 1 aliphatic heterocycles. The van der Waals surface area contributed by atoms with Gasteiger partial charge in [-0.05, 0) is 44.4 Å². The lowest BCUT2D eigenvalue weighted by atomic mass is 10.1. The van der Waals surface area contributed by atoms with Crippen molar-refractivity contribution in [1.82, 2.24) is 10.2 Å². The summed E-state index contributed by atoms with van der Waals surface area (Å²) < 4.78 is 0. The second kappa shape index (κ2) is 6.18. The Bertz CT molecular complexity index is 386. The van der Waals surface area contributed by atoms with Crippen molar-refractivity contribution in [2.24, 2.45) is 5.92 Å². The fourth-order valence-electron chi connectivity index (χ4n) is 2.91. The second-order valence-electron chi connectivity index (χ2n) is 5.69. The molecule has 1 saturated heterocycles. The zero-order valence-corrected chi connectivity index (χ0v) is 12.9. The van der Waals surface area contributed by atoms with Crippen LogP contribution in [0.3, 0.4) is 0 Å². The van der Waals surface area contributed by atoms with E-state index in [1.54, 1.807) is 0 Å². The first-order chi connectivity index (χ1) is 8.60.